The Hall–Kier alpha value is -3.67. The summed E-state index contributed by atoms with van der Waals surface area (Å²) in [6.07, 6.45) is 21.0. The van der Waals surface area contributed by atoms with Crippen LogP contribution in [-0.2, 0) is 0 Å². The van der Waals surface area contributed by atoms with Crippen LogP contribution in [0.3, 0.4) is 0 Å². The van der Waals surface area contributed by atoms with Crippen LogP contribution in [0.2, 0.25) is 0 Å². The Morgan fingerprint density at radius 2 is 1.89 bits per heavy atom. The molecule has 2 aliphatic rings. The van der Waals surface area contributed by atoms with Crippen molar-refractivity contribution in [2.24, 2.45) is 0 Å². The Morgan fingerprint density at radius 3 is 2.66 bits per heavy atom. The summed E-state index contributed by atoms with van der Waals surface area (Å²) < 4.78 is 7.95. The molecular formula is C29H32N4O2. The van der Waals surface area contributed by atoms with Crippen molar-refractivity contribution in [2.75, 3.05) is 20.7 Å². The van der Waals surface area contributed by atoms with E-state index in [-0.39, 0.29) is 5.91 Å². The van der Waals surface area contributed by atoms with Crippen LogP contribution in [0.4, 0.5) is 0 Å². The normalized spacial score (nSPS) is 16.2. The predicted octanol–water partition coefficient (Wildman–Crippen LogP) is 5.97. The first-order chi connectivity index (χ1) is 17.1. The molecule has 2 heterocycles. The van der Waals surface area contributed by atoms with E-state index in [1.165, 1.54) is 24.8 Å². The van der Waals surface area contributed by atoms with Gasteiger partial charge in [0.1, 0.15) is 17.9 Å². The number of rotatable bonds is 6. The molecule has 180 valence electrons. The van der Waals surface area contributed by atoms with Crippen molar-refractivity contribution in [1.82, 2.24) is 19.5 Å². The average Bonchev–Trinajstić information content (AvgIpc) is 3.14. The van der Waals surface area contributed by atoms with E-state index in [0.717, 1.165) is 41.8 Å². The van der Waals surface area contributed by atoms with Crippen LogP contribution >= 0.6 is 0 Å². The first kappa shape index (κ1) is 23.1. The average molecular weight is 469 g/mol. The van der Waals surface area contributed by atoms with Crippen molar-refractivity contribution >= 4 is 11.6 Å². The Balaban J connectivity index is 1.47. The minimum absolute atomic E-state index is 0.0780. The molecule has 5 rings (SSSR count). The fourth-order valence-corrected chi connectivity index (χ4v) is 4.96. The molecular weight excluding hydrogens is 436 g/mol. The molecule has 3 aromatic rings. The highest BCUT2D eigenvalue weighted by molar-refractivity contribution is 5.99. The lowest BCUT2D eigenvalue weighted by molar-refractivity contribution is 0.0829. The second-order valence-electron chi connectivity index (χ2n) is 9.50. The molecule has 6 nitrogen and oxygen atoms in total. The number of carbonyl (C=O) groups excluding carboxylic acids is 1. The van der Waals surface area contributed by atoms with Crippen LogP contribution in [0, 0.1) is 0 Å². The maximum absolute atomic E-state index is 12.7. The number of amides is 1. The first-order valence-electron chi connectivity index (χ1n) is 12.5. The minimum Gasteiger partial charge on any atom is -0.489 e. The Bertz CT molecular complexity index is 1290. The lowest BCUT2D eigenvalue weighted by atomic mass is 9.84. The molecule has 0 saturated heterocycles. The maximum atomic E-state index is 12.7. The molecule has 0 unspecified atom stereocenters. The van der Waals surface area contributed by atoms with Gasteiger partial charge in [0.05, 0.1) is 11.9 Å². The third-order valence-corrected chi connectivity index (χ3v) is 6.84. The number of carbonyl (C=O) groups is 1. The van der Waals surface area contributed by atoms with Gasteiger partial charge in [0.2, 0.25) is 0 Å². The fraction of sp³-hybridized carbons (Fsp3) is 0.345. The summed E-state index contributed by atoms with van der Waals surface area (Å²) in [7, 11) is 3.51. The van der Waals surface area contributed by atoms with Crippen molar-refractivity contribution < 1.29 is 9.53 Å². The first-order valence-corrected chi connectivity index (χ1v) is 12.5. The largest absolute Gasteiger partial charge is 0.489 e. The van der Waals surface area contributed by atoms with Gasteiger partial charge in [0.15, 0.2) is 5.65 Å². The van der Waals surface area contributed by atoms with Gasteiger partial charge in [-0.05, 0) is 42.5 Å². The highest BCUT2D eigenvalue weighted by Gasteiger charge is 2.26. The van der Waals surface area contributed by atoms with Gasteiger partial charge < -0.3 is 9.64 Å². The molecule has 2 aliphatic carbocycles. The Kier molecular flexibility index (Phi) is 6.80. The SMILES string of the molecule is CN(C)C(=O)c1cnn2c(C3CCCCC3)c(-c3ccc(OCC4=CCC=CC=C4)cc3)cnc12. The molecule has 1 aromatic carbocycles. The number of nitrogens with zero attached hydrogens (tertiary/aromatic N) is 4. The zero-order valence-corrected chi connectivity index (χ0v) is 20.5. The van der Waals surface area contributed by atoms with Gasteiger partial charge in [-0.1, -0.05) is 61.8 Å². The van der Waals surface area contributed by atoms with Crippen molar-refractivity contribution in [3.8, 4) is 16.9 Å². The van der Waals surface area contributed by atoms with E-state index in [4.69, 9.17) is 9.72 Å². The van der Waals surface area contributed by atoms with Crippen LogP contribution in [0.1, 0.15) is 60.5 Å². The number of benzene rings is 1. The summed E-state index contributed by atoms with van der Waals surface area (Å²) in [5, 5.41) is 4.65. The molecule has 6 heteroatoms. The van der Waals surface area contributed by atoms with Crippen LogP contribution in [0.25, 0.3) is 16.8 Å². The highest BCUT2D eigenvalue weighted by Crippen LogP contribution is 2.38. The lowest BCUT2D eigenvalue weighted by Crippen LogP contribution is -2.22. The van der Waals surface area contributed by atoms with E-state index < -0.39 is 0 Å². The topological polar surface area (TPSA) is 59.7 Å². The molecule has 0 spiro atoms. The molecule has 1 saturated carbocycles. The van der Waals surface area contributed by atoms with Crippen molar-refractivity contribution in [1.29, 1.82) is 0 Å². The number of allylic oxidation sites excluding steroid dienone is 4. The van der Waals surface area contributed by atoms with Crippen molar-refractivity contribution in [3.63, 3.8) is 0 Å². The smallest absolute Gasteiger partial charge is 0.258 e. The van der Waals surface area contributed by atoms with E-state index in [1.807, 2.05) is 28.9 Å². The summed E-state index contributed by atoms with van der Waals surface area (Å²) in [6, 6.07) is 8.23. The monoisotopic (exact) mass is 468 g/mol. The van der Waals surface area contributed by atoms with Gasteiger partial charge in [0, 0.05) is 31.8 Å². The summed E-state index contributed by atoms with van der Waals surface area (Å²) in [5.74, 6) is 1.15. The number of hydrogen-bond acceptors (Lipinski definition) is 4. The quantitative estimate of drug-likeness (QED) is 0.447. The van der Waals surface area contributed by atoms with E-state index in [9.17, 15) is 4.79 Å². The summed E-state index contributed by atoms with van der Waals surface area (Å²) >= 11 is 0. The van der Waals surface area contributed by atoms with Gasteiger partial charge >= 0.3 is 0 Å². The van der Waals surface area contributed by atoms with E-state index >= 15 is 0 Å². The zero-order chi connectivity index (χ0) is 24.2. The van der Waals surface area contributed by atoms with Gasteiger partial charge in [-0.2, -0.15) is 5.10 Å². The molecule has 2 aromatic heterocycles. The zero-order valence-electron chi connectivity index (χ0n) is 20.5. The molecule has 35 heavy (non-hydrogen) atoms. The minimum atomic E-state index is -0.0780. The predicted molar refractivity (Wildman–Crippen MR) is 139 cm³/mol. The van der Waals surface area contributed by atoms with Crippen LogP contribution in [0.5, 0.6) is 5.75 Å². The second-order valence-corrected chi connectivity index (χ2v) is 9.50. The third-order valence-electron chi connectivity index (χ3n) is 6.84. The van der Waals surface area contributed by atoms with Crippen LogP contribution in [0.15, 0.2) is 72.6 Å². The van der Waals surface area contributed by atoms with E-state index in [0.29, 0.717) is 23.7 Å². The Morgan fingerprint density at radius 1 is 1.09 bits per heavy atom. The van der Waals surface area contributed by atoms with Crippen molar-refractivity contribution in [2.45, 2.75) is 44.4 Å². The molecule has 1 fully saturated rings. The van der Waals surface area contributed by atoms with Crippen molar-refractivity contribution in [3.05, 3.63) is 83.9 Å². The standard InChI is InChI=1S/C29H32N4O2/c1-32(2)29(34)26-19-31-33-27(23-12-8-5-9-13-23)25(18-30-28(26)33)22-14-16-24(17-15-22)35-20-21-10-6-3-4-7-11-21/h3-4,6,10-11,14-19,23H,5,7-9,12-13,20H2,1-2H3. The summed E-state index contributed by atoms with van der Waals surface area (Å²) in [4.78, 5) is 19.0. The highest BCUT2D eigenvalue weighted by atomic mass is 16.5. The molecule has 0 N–H and O–H groups in total. The molecule has 1 amide bonds. The lowest BCUT2D eigenvalue weighted by Gasteiger charge is -2.25. The number of fused-ring (bicyclic) bond motifs is 1. The summed E-state index contributed by atoms with van der Waals surface area (Å²) in [6.45, 7) is 0.550. The van der Waals surface area contributed by atoms with Gasteiger partial charge in [-0.15, -0.1) is 0 Å². The fourth-order valence-electron chi connectivity index (χ4n) is 4.96. The number of ether oxygens (including phenoxy) is 1. The molecule has 0 radical (unpaired) electrons. The van der Waals surface area contributed by atoms with Gasteiger partial charge in [-0.25, -0.2) is 9.50 Å². The van der Waals surface area contributed by atoms with Gasteiger partial charge in [0.25, 0.3) is 5.91 Å². The Labute approximate surface area is 206 Å². The van der Waals surface area contributed by atoms with Crippen LogP contribution < -0.4 is 4.74 Å². The molecule has 0 bridgehead atoms. The number of hydrogen-bond donors (Lipinski definition) is 0. The van der Waals surface area contributed by atoms with Gasteiger partial charge in [-0.3, -0.25) is 4.79 Å². The van der Waals surface area contributed by atoms with E-state index in [2.05, 4.69) is 41.5 Å². The number of aromatic nitrogens is 3. The summed E-state index contributed by atoms with van der Waals surface area (Å²) in [5.41, 5.74) is 5.66. The molecule has 0 aliphatic heterocycles. The third kappa shape index (κ3) is 4.92. The second kappa shape index (κ2) is 10.3. The van der Waals surface area contributed by atoms with E-state index in [1.54, 1.807) is 25.2 Å². The van der Waals surface area contributed by atoms with Crippen LogP contribution in [-0.4, -0.2) is 46.1 Å². The molecule has 0 atom stereocenters. The maximum Gasteiger partial charge on any atom is 0.258 e.